The minimum Gasteiger partial charge on any atom is -0.393 e. The smallest absolute Gasteiger partial charge is 0.181 e. The standard InChI is InChI=1S/C17H19FN6O.H2/c18-12-3-4-14(24-7-5-13(25)10(8-19)9-24)21-16(12)15-11-2-1-6-20-17(11)23-22-15;/h1-4,6,10,13,25H,5,7-9,19H2,(H,20,22,23);1H. The molecule has 0 saturated carbocycles. The van der Waals surface area contributed by atoms with Crippen LogP contribution in [0.3, 0.4) is 0 Å². The molecular formula is C17H21FN6O. The first-order valence-corrected chi connectivity index (χ1v) is 8.26. The number of hydrogen-bond acceptors (Lipinski definition) is 6. The van der Waals surface area contributed by atoms with Gasteiger partial charge in [-0.1, -0.05) is 0 Å². The van der Waals surface area contributed by atoms with Gasteiger partial charge in [0.2, 0.25) is 0 Å². The Morgan fingerprint density at radius 1 is 1.40 bits per heavy atom. The summed E-state index contributed by atoms with van der Waals surface area (Å²) in [6, 6.07) is 6.67. The number of aromatic nitrogens is 4. The topological polar surface area (TPSA) is 104 Å². The number of aliphatic hydroxyl groups excluding tert-OH is 1. The first-order valence-electron chi connectivity index (χ1n) is 8.26. The predicted molar refractivity (Wildman–Crippen MR) is 94.6 cm³/mol. The van der Waals surface area contributed by atoms with E-state index in [2.05, 4.69) is 20.2 Å². The lowest BCUT2D eigenvalue weighted by Crippen LogP contribution is -2.46. The fourth-order valence-electron chi connectivity index (χ4n) is 3.27. The second kappa shape index (κ2) is 6.38. The van der Waals surface area contributed by atoms with Crippen LogP contribution in [-0.2, 0) is 0 Å². The second-order valence-electron chi connectivity index (χ2n) is 6.27. The van der Waals surface area contributed by atoms with E-state index in [1.165, 1.54) is 6.07 Å². The van der Waals surface area contributed by atoms with Crippen LogP contribution in [0.1, 0.15) is 7.85 Å². The number of anilines is 1. The van der Waals surface area contributed by atoms with Gasteiger partial charge in [-0.3, -0.25) is 5.10 Å². The molecule has 0 spiro atoms. The quantitative estimate of drug-likeness (QED) is 0.666. The molecule has 2 unspecified atom stereocenters. The van der Waals surface area contributed by atoms with Crippen molar-refractivity contribution in [1.29, 1.82) is 0 Å². The van der Waals surface area contributed by atoms with Crippen molar-refractivity contribution in [2.75, 3.05) is 24.5 Å². The molecule has 3 aromatic heterocycles. The molecule has 0 aromatic carbocycles. The molecule has 1 saturated heterocycles. The monoisotopic (exact) mass is 344 g/mol. The molecule has 0 bridgehead atoms. The van der Waals surface area contributed by atoms with Gasteiger partial charge in [0.15, 0.2) is 11.5 Å². The zero-order valence-electron chi connectivity index (χ0n) is 13.6. The summed E-state index contributed by atoms with van der Waals surface area (Å²) in [6.45, 7) is 1.66. The maximum atomic E-state index is 14.4. The third kappa shape index (κ3) is 2.83. The molecule has 0 aliphatic carbocycles. The minimum atomic E-state index is -0.425. The number of hydrogen-bond donors (Lipinski definition) is 3. The Hall–Kier alpha value is -2.58. The Balaban J connectivity index is 0.00000196. The average molecular weight is 344 g/mol. The third-order valence-corrected chi connectivity index (χ3v) is 4.72. The number of nitrogens with two attached hydrogens (primary N) is 1. The Labute approximate surface area is 145 Å². The fourth-order valence-corrected chi connectivity index (χ4v) is 3.27. The maximum Gasteiger partial charge on any atom is 0.181 e. The van der Waals surface area contributed by atoms with Crippen LogP contribution in [0.15, 0.2) is 30.5 Å². The molecule has 0 radical (unpaired) electrons. The number of pyridine rings is 2. The SMILES string of the molecule is NCC1CN(c2ccc(F)c(-c3[nH]nc4ncccc34)n2)CCC1O.[HH]. The summed E-state index contributed by atoms with van der Waals surface area (Å²) in [6.07, 6.45) is 1.86. The summed E-state index contributed by atoms with van der Waals surface area (Å²) in [4.78, 5) is 10.7. The van der Waals surface area contributed by atoms with Gasteiger partial charge >= 0.3 is 0 Å². The predicted octanol–water partition coefficient (Wildman–Crippen LogP) is 1.55. The highest BCUT2D eigenvalue weighted by atomic mass is 19.1. The van der Waals surface area contributed by atoms with Crippen LogP contribution in [-0.4, -0.2) is 51.0 Å². The van der Waals surface area contributed by atoms with Gasteiger partial charge in [-0.25, -0.2) is 14.4 Å². The maximum absolute atomic E-state index is 14.4. The lowest BCUT2D eigenvalue weighted by molar-refractivity contribution is 0.0919. The van der Waals surface area contributed by atoms with Crippen molar-refractivity contribution in [1.82, 2.24) is 20.2 Å². The number of piperidine rings is 1. The van der Waals surface area contributed by atoms with E-state index in [9.17, 15) is 9.50 Å². The summed E-state index contributed by atoms with van der Waals surface area (Å²) >= 11 is 0. The molecule has 1 fully saturated rings. The number of aromatic amines is 1. The molecule has 1 aliphatic heterocycles. The Morgan fingerprint density at radius 3 is 3.12 bits per heavy atom. The van der Waals surface area contributed by atoms with E-state index >= 15 is 0 Å². The van der Waals surface area contributed by atoms with Gasteiger partial charge < -0.3 is 15.7 Å². The van der Waals surface area contributed by atoms with Crippen molar-refractivity contribution in [2.45, 2.75) is 12.5 Å². The Bertz CT molecular complexity index is 904. The second-order valence-corrected chi connectivity index (χ2v) is 6.27. The molecule has 7 nitrogen and oxygen atoms in total. The number of aliphatic hydroxyl groups is 1. The summed E-state index contributed by atoms with van der Waals surface area (Å²) in [5, 5.41) is 17.7. The summed E-state index contributed by atoms with van der Waals surface area (Å²) in [5.41, 5.74) is 6.98. The van der Waals surface area contributed by atoms with Crippen molar-refractivity contribution >= 4 is 16.9 Å². The average Bonchev–Trinajstić information content (AvgIpc) is 3.07. The van der Waals surface area contributed by atoms with Gasteiger partial charge in [0.25, 0.3) is 0 Å². The van der Waals surface area contributed by atoms with E-state index < -0.39 is 11.9 Å². The van der Waals surface area contributed by atoms with Gasteiger partial charge in [0.1, 0.15) is 11.5 Å². The van der Waals surface area contributed by atoms with E-state index in [1.807, 2.05) is 11.0 Å². The van der Waals surface area contributed by atoms with Crippen LogP contribution < -0.4 is 10.6 Å². The third-order valence-electron chi connectivity index (χ3n) is 4.72. The fraction of sp³-hybridized carbons (Fsp3) is 0.353. The molecule has 25 heavy (non-hydrogen) atoms. The normalized spacial score (nSPS) is 21.0. The van der Waals surface area contributed by atoms with Crippen LogP contribution in [0.4, 0.5) is 10.2 Å². The van der Waals surface area contributed by atoms with Crippen LogP contribution in [0.2, 0.25) is 0 Å². The van der Waals surface area contributed by atoms with Gasteiger partial charge in [0, 0.05) is 32.0 Å². The zero-order chi connectivity index (χ0) is 17.4. The number of fused-ring (bicyclic) bond motifs is 1. The van der Waals surface area contributed by atoms with Gasteiger partial charge in [-0.15, -0.1) is 0 Å². The molecule has 1 aliphatic rings. The van der Waals surface area contributed by atoms with Crippen LogP contribution in [0, 0.1) is 11.7 Å². The van der Waals surface area contributed by atoms with Gasteiger partial charge in [-0.2, -0.15) is 5.10 Å². The van der Waals surface area contributed by atoms with Crippen molar-refractivity contribution in [3.8, 4) is 11.4 Å². The van der Waals surface area contributed by atoms with Gasteiger partial charge in [0.05, 0.1) is 11.8 Å². The zero-order valence-corrected chi connectivity index (χ0v) is 13.6. The number of rotatable bonds is 3. The molecule has 4 N–H and O–H groups in total. The van der Waals surface area contributed by atoms with Crippen molar-refractivity contribution in [2.24, 2.45) is 11.7 Å². The number of nitrogens with one attached hydrogen (secondary N) is 1. The molecule has 8 heteroatoms. The summed E-state index contributed by atoms with van der Waals surface area (Å²) in [7, 11) is 0. The highest BCUT2D eigenvalue weighted by molar-refractivity contribution is 5.89. The van der Waals surface area contributed by atoms with Crippen molar-refractivity contribution < 1.29 is 10.9 Å². The van der Waals surface area contributed by atoms with Crippen LogP contribution in [0.5, 0.6) is 0 Å². The largest absolute Gasteiger partial charge is 0.393 e. The number of nitrogens with zero attached hydrogens (tertiary/aromatic N) is 4. The highest BCUT2D eigenvalue weighted by Gasteiger charge is 2.28. The van der Waals surface area contributed by atoms with E-state index in [0.717, 1.165) is 5.39 Å². The molecule has 2 atom stereocenters. The van der Waals surface area contributed by atoms with E-state index in [1.54, 1.807) is 18.3 Å². The lowest BCUT2D eigenvalue weighted by Gasteiger charge is -2.36. The van der Waals surface area contributed by atoms with E-state index in [4.69, 9.17) is 5.73 Å². The van der Waals surface area contributed by atoms with Crippen molar-refractivity contribution in [3.05, 3.63) is 36.3 Å². The number of H-pyrrole nitrogens is 1. The van der Waals surface area contributed by atoms with Gasteiger partial charge in [-0.05, 0) is 37.2 Å². The molecule has 132 valence electrons. The van der Waals surface area contributed by atoms with Crippen LogP contribution >= 0.6 is 0 Å². The first kappa shape index (κ1) is 15.9. The van der Waals surface area contributed by atoms with Crippen molar-refractivity contribution in [3.63, 3.8) is 0 Å². The highest BCUT2D eigenvalue weighted by Crippen LogP contribution is 2.29. The molecule has 0 amide bonds. The Kier molecular flexibility index (Phi) is 4.06. The van der Waals surface area contributed by atoms with Crippen LogP contribution in [0.25, 0.3) is 22.4 Å². The first-order chi connectivity index (χ1) is 12.2. The lowest BCUT2D eigenvalue weighted by atomic mass is 9.95. The molecular weight excluding hydrogens is 323 g/mol. The minimum absolute atomic E-state index is 0. The van der Waals surface area contributed by atoms with E-state index in [0.29, 0.717) is 43.2 Å². The van der Waals surface area contributed by atoms with E-state index in [-0.39, 0.29) is 13.0 Å². The molecule has 4 rings (SSSR count). The number of halogens is 1. The summed E-state index contributed by atoms with van der Waals surface area (Å²) in [5.74, 6) is 0.222. The molecule has 4 heterocycles. The Morgan fingerprint density at radius 2 is 2.28 bits per heavy atom. The molecule has 3 aromatic rings. The summed E-state index contributed by atoms with van der Waals surface area (Å²) < 4.78 is 14.4.